The summed E-state index contributed by atoms with van der Waals surface area (Å²) in [5, 5.41) is 1.09. The van der Waals surface area contributed by atoms with Gasteiger partial charge in [-0.25, -0.2) is 0 Å². The summed E-state index contributed by atoms with van der Waals surface area (Å²) < 4.78 is 0. The number of aromatic nitrogens is 1. The first-order valence-electron chi connectivity index (χ1n) is 9.38. The van der Waals surface area contributed by atoms with Crippen LogP contribution in [0.2, 0.25) is 0 Å². The van der Waals surface area contributed by atoms with Crippen molar-refractivity contribution in [3.63, 3.8) is 0 Å². The molecule has 3 rings (SSSR count). The average Bonchev–Trinajstić information content (AvgIpc) is 3.09. The minimum atomic E-state index is -0.450. The number of aromatic amines is 1. The van der Waals surface area contributed by atoms with Gasteiger partial charge in [0.15, 0.2) is 0 Å². The maximum atomic E-state index is 12.7. The molecule has 1 saturated heterocycles. The molecule has 0 saturated carbocycles. The van der Waals surface area contributed by atoms with E-state index in [9.17, 15) is 9.59 Å². The van der Waals surface area contributed by atoms with Gasteiger partial charge in [-0.2, -0.15) is 0 Å². The number of carbonyl (C=O) groups is 2. The Kier molecular flexibility index (Phi) is 7.27. The van der Waals surface area contributed by atoms with Crippen LogP contribution in [0.1, 0.15) is 25.8 Å². The molecule has 1 aliphatic heterocycles. The van der Waals surface area contributed by atoms with E-state index in [4.69, 9.17) is 5.73 Å². The van der Waals surface area contributed by atoms with Gasteiger partial charge in [0.2, 0.25) is 11.8 Å². The Morgan fingerprint density at radius 2 is 1.78 bits per heavy atom. The lowest BCUT2D eigenvalue weighted by Gasteiger charge is -2.36. The predicted molar refractivity (Wildman–Crippen MR) is 110 cm³/mol. The number of para-hydroxylation sites is 1. The number of carbonyl (C=O) groups excluding carboxylic acids is 2. The SMILES string of the molecule is CCC(C)C(N)C(=O)N1CCN(C(=O)Cc2c[nH]c3ccccc23)CC1.Cl. The second kappa shape index (κ2) is 9.24. The van der Waals surface area contributed by atoms with E-state index in [1.54, 1.807) is 4.90 Å². The van der Waals surface area contributed by atoms with Crippen molar-refractivity contribution < 1.29 is 9.59 Å². The standard InChI is InChI=1S/C20H28N4O2.ClH/c1-3-14(2)19(21)20(26)24-10-8-23(9-11-24)18(25)12-15-13-22-17-7-5-4-6-16(15)17;/h4-7,13-14,19,22H,3,8-12,21H2,1-2H3;1H. The van der Waals surface area contributed by atoms with Crippen LogP contribution in [0.3, 0.4) is 0 Å². The molecule has 2 atom stereocenters. The highest BCUT2D eigenvalue weighted by Gasteiger charge is 2.29. The Morgan fingerprint density at radius 3 is 2.44 bits per heavy atom. The maximum absolute atomic E-state index is 12.7. The van der Waals surface area contributed by atoms with Crippen molar-refractivity contribution >= 4 is 35.1 Å². The van der Waals surface area contributed by atoms with Crippen LogP contribution >= 0.6 is 12.4 Å². The summed E-state index contributed by atoms with van der Waals surface area (Å²) in [6.45, 7) is 6.30. The van der Waals surface area contributed by atoms with Crippen LogP contribution in [0.5, 0.6) is 0 Å². The van der Waals surface area contributed by atoms with E-state index in [2.05, 4.69) is 4.98 Å². The quantitative estimate of drug-likeness (QED) is 0.818. The molecule has 2 unspecified atom stereocenters. The number of hydrogen-bond donors (Lipinski definition) is 2. The molecule has 1 aliphatic rings. The summed E-state index contributed by atoms with van der Waals surface area (Å²) in [4.78, 5) is 32.0. The van der Waals surface area contributed by atoms with Crippen LogP contribution in [0.15, 0.2) is 30.5 Å². The number of benzene rings is 1. The topological polar surface area (TPSA) is 82.4 Å². The number of H-pyrrole nitrogens is 1. The van der Waals surface area contributed by atoms with Gasteiger partial charge in [-0.05, 0) is 17.5 Å². The molecule has 0 spiro atoms. The van der Waals surface area contributed by atoms with E-state index < -0.39 is 6.04 Å². The van der Waals surface area contributed by atoms with Crippen molar-refractivity contribution in [2.45, 2.75) is 32.7 Å². The van der Waals surface area contributed by atoms with Crippen LogP contribution < -0.4 is 5.73 Å². The molecule has 148 valence electrons. The number of nitrogens with two attached hydrogens (primary N) is 1. The van der Waals surface area contributed by atoms with Gasteiger partial charge in [0, 0.05) is 43.3 Å². The van der Waals surface area contributed by atoms with Crippen molar-refractivity contribution in [3.05, 3.63) is 36.0 Å². The van der Waals surface area contributed by atoms with Gasteiger partial charge in [0.25, 0.3) is 0 Å². The average molecular weight is 393 g/mol. The number of amides is 2. The van der Waals surface area contributed by atoms with Crippen LogP contribution in [0, 0.1) is 5.92 Å². The molecule has 1 aromatic carbocycles. The zero-order chi connectivity index (χ0) is 18.7. The Hall–Kier alpha value is -2.05. The summed E-state index contributed by atoms with van der Waals surface area (Å²) in [7, 11) is 0. The first-order chi connectivity index (χ1) is 12.5. The molecule has 0 bridgehead atoms. The predicted octanol–water partition coefficient (Wildman–Crippen LogP) is 2.18. The fraction of sp³-hybridized carbons (Fsp3) is 0.500. The van der Waals surface area contributed by atoms with Gasteiger partial charge in [0.1, 0.15) is 0 Å². The Balaban J connectivity index is 0.00000261. The minimum absolute atomic E-state index is 0. The third-order valence-corrected chi connectivity index (χ3v) is 5.50. The largest absolute Gasteiger partial charge is 0.361 e. The van der Waals surface area contributed by atoms with Crippen LogP contribution in [-0.4, -0.2) is 58.8 Å². The lowest BCUT2D eigenvalue weighted by atomic mass is 9.98. The van der Waals surface area contributed by atoms with Gasteiger partial charge in [-0.1, -0.05) is 38.5 Å². The summed E-state index contributed by atoms with van der Waals surface area (Å²) in [6, 6.07) is 7.54. The molecule has 1 aromatic heterocycles. The number of rotatable bonds is 5. The molecule has 0 aliphatic carbocycles. The number of piperazine rings is 1. The molecule has 1 fully saturated rings. The van der Waals surface area contributed by atoms with E-state index in [1.165, 1.54) is 0 Å². The van der Waals surface area contributed by atoms with E-state index in [-0.39, 0.29) is 30.1 Å². The van der Waals surface area contributed by atoms with Gasteiger partial charge >= 0.3 is 0 Å². The number of nitrogens with zero attached hydrogens (tertiary/aromatic N) is 2. The zero-order valence-electron chi connectivity index (χ0n) is 16.0. The van der Waals surface area contributed by atoms with Crippen LogP contribution in [0.4, 0.5) is 0 Å². The van der Waals surface area contributed by atoms with E-state index in [0.29, 0.717) is 32.6 Å². The van der Waals surface area contributed by atoms with Crippen LogP contribution in [-0.2, 0) is 16.0 Å². The molecular formula is C20H29ClN4O2. The van der Waals surface area contributed by atoms with Crippen molar-refractivity contribution in [2.75, 3.05) is 26.2 Å². The summed E-state index contributed by atoms with van der Waals surface area (Å²) in [5.74, 6) is 0.278. The number of hydrogen-bond acceptors (Lipinski definition) is 3. The minimum Gasteiger partial charge on any atom is -0.361 e. The number of nitrogens with one attached hydrogen (secondary N) is 1. The third-order valence-electron chi connectivity index (χ3n) is 5.50. The maximum Gasteiger partial charge on any atom is 0.239 e. The Labute approximate surface area is 166 Å². The molecule has 27 heavy (non-hydrogen) atoms. The fourth-order valence-electron chi connectivity index (χ4n) is 3.44. The molecule has 0 radical (unpaired) electrons. The number of fused-ring (bicyclic) bond motifs is 1. The Bertz CT molecular complexity index is 783. The van der Waals surface area contributed by atoms with E-state index in [1.807, 2.05) is 49.2 Å². The molecule has 7 heteroatoms. The number of halogens is 1. The Morgan fingerprint density at radius 1 is 1.15 bits per heavy atom. The normalized spacial score (nSPS) is 16.7. The van der Waals surface area contributed by atoms with Crippen molar-refractivity contribution in [1.82, 2.24) is 14.8 Å². The molecule has 2 aromatic rings. The fourth-order valence-corrected chi connectivity index (χ4v) is 3.44. The molecule has 2 amide bonds. The molecular weight excluding hydrogens is 364 g/mol. The second-order valence-corrected chi connectivity index (χ2v) is 7.15. The zero-order valence-corrected chi connectivity index (χ0v) is 16.8. The van der Waals surface area contributed by atoms with E-state index >= 15 is 0 Å². The lowest BCUT2D eigenvalue weighted by Crippen LogP contribution is -2.55. The highest BCUT2D eigenvalue weighted by Crippen LogP contribution is 2.19. The van der Waals surface area contributed by atoms with Gasteiger partial charge in [-0.3, -0.25) is 9.59 Å². The van der Waals surface area contributed by atoms with Crippen molar-refractivity contribution in [3.8, 4) is 0 Å². The smallest absolute Gasteiger partial charge is 0.239 e. The van der Waals surface area contributed by atoms with Crippen LogP contribution in [0.25, 0.3) is 10.9 Å². The summed E-state index contributed by atoms with van der Waals surface area (Å²) in [6.07, 6.45) is 3.17. The monoisotopic (exact) mass is 392 g/mol. The first kappa shape index (κ1) is 21.3. The highest BCUT2D eigenvalue weighted by atomic mass is 35.5. The van der Waals surface area contributed by atoms with Gasteiger partial charge in [-0.15, -0.1) is 12.4 Å². The van der Waals surface area contributed by atoms with Crippen molar-refractivity contribution in [2.24, 2.45) is 11.7 Å². The summed E-state index contributed by atoms with van der Waals surface area (Å²) in [5.41, 5.74) is 8.13. The first-order valence-corrected chi connectivity index (χ1v) is 9.38. The highest BCUT2D eigenvalue weighted by molar-refractivity contribution is 5.89. The lowest BCUT2D eigenvalue weighted by molar-refractivity contribution is -0.140. The third kappa shape index (κ3) is 4.62. The molecule has 6 nitrogen and oxygen atoms in total. The van der Waals surface area contributed by atoms with Crippen molar-refractivity contribution in [1.29, 1.82) is 0 Å². The van der Waals surface area contributed by atoms with Gasteiger partial charge in [0.05, 0.1) is 12.5 Å². The summed E-state index contributed by atoms with van der Waals surface area (Å²) >= 11 is 0. The molecule has 3 N–H and O–H groups in total. The molecule has 2 heterocycles. The second-order valence-electron chi connectivity index (χ2n) is 7.15. The van der Waals surface area contributed by atoms with Gasteiger partial charge < -0.3 is 20.5 Å². The van der Waals surface area contributed by atoms with E-state index in [0.717, 1.165) is 22.9 Å².